The summed E-state index contributed by atoms with van der Waals surface area (Å²) in [7, 11) is 0. The zero-order chi connectivity index (χ0) is 22.9. The Hall–Kier alpha value is -1.27. The molecule has 0 radical (unpaired) electrons. The number of ether oxygens (including phenoxy) is 2. The van der Waals surface area contributed by atoms with Crippen molar-refractivity contribution < 1.29 is 29.0 Å². The number of carbonyl (C=O) groups excluding carboxylic acids is 2. The molecule has 1 heterocycles. The normalized spacial score (nSPS) is 45.9. The standard InChI is InChI=1S/C26H38O6/c1-15(4-7-22(29)30)17-5-6-18-23-19(13-21(28)25(17,18)3)24(2)8-9-26(31-10-11-32-26)14-16(24)12-20(23)27/h15-19,23H,4-14H2,1-3H3,(H,29,30). The maximum absolute atomic E-state index is 13.8. The lowest BCUT2D eigenvalue weighted by Crippen LogP contribution is -2.61. The topological polar surface area (TPSA) is 89.9 Å². The van der Waals surface area contributed by atoms with Crippen molar-refractivity contribution in [1.29, 1.82) is 0 Å². The fourth-order valence-electron chi connectivity index (χ4n) is 8.85. The summed E-state index contributed by atoms with van der Waals surface area (Å²) in [6.07, 6.45) is 6.21. The van der Waals surface area contributed by atoms with Crippen molar-refractivity contribution in [3.05, 3.63) is 0 Å². The quantitative estimate of drug-likeness (QED) is 0.694. The van der Waals surface area contributed by atoms with Crippen LogP contribution in [0.15, 0.2) is 0 Å². The highest BCUT2D eigenvalue weighted by molar-refractivity contribution is 5.92. The minimum Gasteiger partial charge on any atom is -0.481 e. The van der Waals surface area contributed by atoms with Crippen LogP contribution in [-0.2, 0) is 23.9 Å². The summed E-state index contributed by atoms with van der Waals surface area (Å²) in [6, 6.07) is 0. The maximum Gasteiger partial charge on any atom is 0.303 e. The summed E-state index contributed by atoms with van der Waals surface area (Å²) in [5, 5.41) is 9.13. The predicted molar refractivity (Wildman–Crippen MR) is 117 cm³/mol. The van der Waals surface area contributed by atoms with Gasteiger partial charge in [0, 0.05) is 43.4 Å². The minimum absolute atomic E-state index is 0.0247. The van der Waals surface area contributed by atoms with Gasteiger partial charge in [-0.05, 0) is 60.7 Å². The van der Waals surface area contributed by atoms with Gasteiger partial charge in [-0.15, -0.1) is 0 Å². The Morgan fingerprint density at radius 1 is 1.09 bits per heavy atom. The Kier molecular flexibility index (Phi) is 5.37. The minimum atomic E-state index is -0.779. The largest absolute Gasteiger partial charge is 0.481 e. The molecule has 6 nitrogen and oxygen atoms in total. The molecule has 8 atom stereocenters. The van der Waals surface area contributed by atoms with Gasteiger partial charge in [0.1, 0.15) is 11.6 Å². The lowest BCUT2D eigenvalue weighted by Gasteiger charge is -2.60. The van der Waals surface area contributed by atoms with Gasteiger partial charge in [0.05, 0.1) is 13.2 Å². The second-order valence-electron chi connectivity index (χ2n) is 11.9. The third-order valence-electron chi connectivity index (χ3n) is 10.7. The fraction of sp³-hybridized carbons (Fsp3) is 0.885. The first kappa shape index (κ1) is 22.5. The molecule has 1 saturated heterocycles. The molecule has 0 amide bonds. The van der Waals surface area contributed by atoms with Crippen LogP contribution in [0.5, 0.6) is 0 Å². The first-order valence-corrected chi connectivity index (χ1v) is 12.7. The number of carboxylic acid groups (broad SMARTS) is 1. The number of fused-ring (bicyclic) bond motifs is 5. The second-order valence-corrected chi connectivity index (χ2v) is 11.9. The molecule has 5 fully saturated rings. The Bertz CT molecular complexity index is 815. The van der Waals surface area contributed by atoms with Crippen molar-refractivity contribution in [3.63, 3.8) is 0 Å². The van der Waals surface area contributed by atoms with E-state index in [2.05, 4.69) is 20.8 Å². The van der Waals surface area contributed by atoms with Gasteiger partial charge in [0.25, 0.3) is 0 Å². The number of ketones is 2. The maximum atomic E-state index is 13.8. The van der Waals surface area contributed by atoms with Gasteiger partial charge in [-0.25, -0.2) is 0 Å². The molecule has 0 bridgehead atoms. The SMILES string of the molecule is CC(CCC(=O)O)C1CCC2C3C(=O)CC4CC5(CCC4(C)C3CC(=O)C12C)OCCO5. The molecule has 0 aromatic heterocycles. The van der Waals surface area contributed by atoms with Crippen molar-refractivity contribution in [1.82, 2.24) is 0 Å². The summed E-state index contributed by atoms with van der Waals surface area (Å²) in [6.45, 7) is 7.78. The second kappa shape index (κ2) is 7.63. The van der Waals surface area contributed by atoms with Crippen LogP contribution in [-0.4, -0.2) is 41.6 Å². The van der Waals surface area contributed by atoms with Gasteiger partial charge in [-0.1, -0.05) is 20.8 Å². The van der Waals surface area contributed by atoms with E-state index in [0.717, 1.165) is 32.1 Å². The molecule has 8 unspecified atom stereocenters. The van der Waals surface area contributed by atoms with Gasteiger partial charge in [0.2, 0.25) is 0 Å². The lowest BCUT2D eigenvalue weighted by molar-refractivity contribution is -0.225. The highest BCUT2D eigenvalue weighted by Crippen LogP contribution is 2.67. The Balaban J connectivity index is 1.41. The first-order chi connectivity index (χ1) is 15.1. The van der Waals surface area contributed by atoms with E-state index in [1.165, 1.54) is 0 Å². The number of aliphatic carboxylic acids is 1. The van der Waals surface area contributed by atoms with Crippen molar-refractivity contribution in [2.75, 3.05) is 13.2 Å². The third kappa shape index (κ3) is 3.15. The van der Waals surface area contributed by atoms with Crippen LogP contribution in [0.1, 0.15) is 78.6 Å². The molecule has 5 rings (SSSR count). The summed E-state index contributed by atoms with van der Waals surface area (Å²) in [5.41, 5.74) is -0.519. The van der Waals surface area contributed by atoms with Crippen LogP contribution in [0, 0.1) is 46.3 Å². The summed E-state index contributed by atoms with van der Waals surface area (Å²) in [4.78, 5) is 38.6. The molecule has 1 N–H and O–H groups in total. The van der Waals surface area contributed by atoms with Crippen LogP contribution in [0.4, 0.5) is 0 Å². The Labute approximate surface area is 190 Å². The van der Waals surface area contributed by atoms with E-state index in [9.17, 15) is 14.4 Å². The van der Waals surface area contributed by atoms with E-state index in [-0.39, 0.29) is 47.3 Å². The highest BCUT2D eigenvalue weighted by Gasteiger charge is 2.67. The first-order valence-electron chi connectivity index (χ1n) is 12.7. The highest BCUT2D eigenvalue weighted by atomic mass is 16.7. The van der Waals surface area contributed by atoms with Gasteiger partial charge in [-0.2, -0.15) is 0 Å². The van der Waals surface area contributed by atoms with Gasteiger partial charge in [-0.3, -0.25) is 14.4 Å². The molecule has 1 spiro atoms. The van der Waals surface area contributed by atoms with E-state index in [4.69, 9.17) is 14.6 Å². The fourth-order valence-corrected chi connectivity index (χ4v) is 8.85. The van der Waals surface area contributed by atoms with Crippen LogP contribution in [0.2, 0.25) is 0 Å². The molecule has 0 aromatic carbocycles. The van der Waals surface area contributed by atoms with Crippen molar-refractivity contribution >= 4 is 17.5 Å². The predicted octanol–water partition coefficient (Wildman–Crippen LogP) is 4.25. The molecule has 1 aliphatic heterocycles. The average Bonchev–Trinajstić information content (AvgIpc) is 3.34. The van der Waals surface area contributed by atoms with E-state index in [1.807, 2.05) is 0 Å². The number of Topliss-reactive ketones (excluding diaryl/α,β-unsaturated/α-hetero) is 2. The summed E-state index contributed by atoms with van der Waals surface area (Å²) in [5.74, 6) is 0.121. The number of hydrogen-bond donors (Lipinski definition) is 1. The number of carbonyl (C=O) groups is 3. The zero-order valence-corrected chi connectivity index (χ0v) is 19.7. The monoisotopic (exact) mass is 446 g/mol. The van der Waals surface area contributed by atoms with E-state index >= 15 is 0 Å². The number of rotatable bonds is 4. The summed E-state index contributed by atoms with van der Waals surface area (Å²) < 4.78 is 12.0. The van der Waals surface area contributed by atoms with E-state index in [0.29, 0.717) is 44.0 Å². The molecular formula is C26H38O6. The van der Waals surface area contributed by atoms with Crippen molar-refractivity contribution in [2.45, 2.75) is 84.3 Å². The van der Waals surface area contributed by atoms with Crippen LogP contribution < -0.4 is 0 Å². The molecular weight excluding hydrogens is 408 g/mol. The molecule has 5 aliphatic rings. The number of carboxylic acids is 1. The van der Waals surface area contributed by atoms with E-state index in [1.54, 1.807) is 0 Å². The van der Waals surface area contributed by atoms with Crippen LogP contribution in [0.25, 0.3) is 0 Å². The molecule has 4 saturated carbocycles. The molecule has 6 heteroatoms. The van der Waals surface area contributed by atoms with Crippen molar-refractivity contribution in [3.8, 4) is 0 Å². The molecule has 32 heavy (non-hydrogen) atoms. The Morgan fingerprint density at radius 3 is 2.50 bits per heavy atom. The van der Waals surface area contributed by atoms with Crippen molar-refractivity contribution in [2.24, 2.45) is 46.3 Å². The van der Waals surface area contributed by atoms with Gasteiger partial charge < -0.3 is 14.6 Å². The smallest absolute Gasteiger partial charge is 0.303 e. The third-order valence-corrected chi connectivity index (χ3v) is 10.7. The van der Waals surface area contributed by atoms with E-state index < -0.39 is 17.2 Å². The van der Waals surface area contributed by atoms with Crippen LogP contribution >= 0.6 is 0 Å². The summed E-state index contributed by atoms with van der Waals surface area (Å²) >= 11 is 0. The molecule has 4 aliphatic carbocycles. The molecule has 178 valence electrons. The molecule has 0 aromatic rings. The zero-order valence-electron chi connectivity index (χ0n) is 19.7. The van der Waals surface area contributed by atoms with Gasteiger partial charge in [0.15, 0.2) is 5.79 Å². The van der Waals surface area contributed by atoms with Crippen LogP contribution in [0.3, 0.4) is 0 Å². The lowest BCUT2D eigenvalue weighted by atomic mass is 9.43. The number of hydrogen-bond acceptors (Lipinski definition) is 5. The Morgan fingerprint density at radius 2 is 1.81 bits per heavy atom. The van der Waals surface area contributed by atoms with Gasteiger partial charge >= 0.3 is 5.97 Å². The average molecular weight is 447 g/mol.